The van der Waals surface area contributed by atoms with Crippen molar-refractivity contribution in [2.75, 3.05) is 0 Å². The van der Waals surface area contributed by atoms with E-state index in [2.05, 4.69) is 65.8 Å². The summed E-state index contributed by atoms with van der Waals surface area (Å²) in [6.45, 7) is 0. The molecule has 0 radical (unpaired) electrons. The summed E-state index contributed by atoms with van der Waals surface area (Å²) in [6, 6.07) is 25.2. The van der Waals surface area contributed by atoms with Crippen molar-refractivity contribution in [2.45, 2.75) is 77.0 Å². The first-order valence-corrected chi connectivity index (χ1v) is 13.2. The highest BCUT2D eigenvalue weighted by atomic mass is 16.4. The molecule has 0 amide bonds. The Labute approximate surface area is 209 Å². The van der Waals surface area contributed by atoms with Crippen LogP contribution in [0, 0.1) is 0 Å². The largest absolute Gasteiger partial charge is 0.411 e. The first-order chi connectivity index (χ1) is 17.3. The number of oxime groups is 1. The van der Waals surface area contributed by atoms with E-state index in [4.69, 9.17) is 9.97 Å². The van der Waals surface area contributed by atoms with Gasteiger partial charge in [0.1, 0.15) is 0 Å². The van der Waals surface area contributed by atoms with Crippen LogP contribution in [0.25, 0.3) is 21.8 Å². The standard InChI is InChI=1S/C31H37N3O/c35-34-29(17-7-3-1-5-15-27-23-21-25-13-9-11-19-30(25)32-27)18-8-4-2-6-16-28-24-22-26-14-10-12-20-31(26)33-28/h9-14,19-24,35H,1-8,15-18H2. The third-order valence-corrected chi connectivity index (χ3v) is 6.75. The highest BCUT2D eigenvalue weighted by Gasteiger charge is 2.03. The average molecular weight is 468 g/mol. The van der Waals surface area contributed by atoms with Crippen LogP contribution >= 0.6 is 0 Å². The molecule has 2 heterocycles. The third kappa shape index (κ3) is 7.88. The van der Waals surface area contributed by atoms with Crippen LogP contribution in [0.1, 0.15) is 75.6 Å². The van der Waals surface area contributed by atoms with Gasteiger partial charge in [0.2, 0.25) is 0 Å². The van der Waals surface area contributed by atoms with Crippen LogP contribution in [0.3, 0.4) is 0 Å². The maximum atomic E-state index is 9.37. The van der Waals surface area contributed by atoms with Crippen molar-refractivity contribution < 1.29 is 5.21 Å². The Balaban J connectivity index is 1.03. The first kappa shape index (κ1) is 24.8. The Bertz CT molecular complexity index is 1140. The fourth-order valence-corrected chi connectivity index (χ4v) is 4.70. The summed E-state index contributed by atoms with van der Waals surface area (Å²) in [5, 5.41) is 15.4. The van der Waals surface area contributed by atoms with Crippen molar-refractivity contribution in [3.63, 3.8) is 0 Å². The molecule has 4 aromatic rings. The number of hydrogen-bond donors (Lipinski definition) is 1. The molecule has 0 saturated carbocycles. The number of hydrogen-bond acceptors (Lipinski definition) is 4. The molecule has 0 fully saturated rings. The van der Waals surface area contributed by atoms with Crippen molar-refractivity contribution >= 4 is 27.5 Å². The van der Waals surface area contributed by atoms with Gasteiger partial charge < -0.3 is 5.21 Å². The molecule has 0 aliphatic heterocycles. The van der Waals surface area contributed by atoms with Gasteiger partial charge in [-0.25, -0.2) is 0 Å². The zero-order valence-corrected chi connectivity index (χ0v) is 20.7. The number of pyridine rings is 2. The van der Waals surface area contributed by atoms with Gasteiger partial charge in [-0.3, -0.25) is 9.97 Å². The molecule has 0 saturated heterocycles. The van der Waals surface area contributed by atoms with E-state index in [1.54, 1.807) is 0 Å². The van der Waals surface area contributed by atoms with E-state index in [9.17, 15) is 5.21 Å². The molecule has 1 N–H and O–H groups in total. The quantitative estimate of drug-likeness (QED) is 0.0878. The zero-order chi connectivity index (χ0) is 24.1. The highest BCUT2D eigenvalue weighted by Crippen LogP contribution is 2.16. The van der Waals surface area contributed by atoms with Crippen LogP contribution in [0.5, 0.6) is 0 Å². The molecule has 0 aliphatic carbocycles. The molecule has 2 aromatic heterocycles. The summed E-state index contributed by atoms with van der Waals surface area (Å²) in [5.41, 5.74) is 5.48. The molecule has 35 heavy (non-hydrogen) atoms. The Morgan fingerprint density at radius 3 is 1.49 bits per heavy atom. The van der Waals surface area contributed by atoms with Gasteiger partial charge in [-0.05, 0) is 75.6 Å². The van der Waals surface area contributed by atoms with Gasteiger partial charge in [0, 0.05) is 22.2 Å². The van der Waals surface area contributed by atoms with E-state index in [0.29, 0.717) is 0 Å². The predicted molar refractivity (Wildman–Crippen MR) is 146 cm³/mol. The van der Waals surface area contributed by atoms with Crippen LogP contribution in [0.15, 0.2) is 78.0 Å². The lowest BCUT2D eigenvalue weighted by atomic mass is 10.0. The molecule has 0 bridgehead atoms. The van der Waals surface area contributed by atoms with Gasteiger partial charge in [0.05, 0.1) is 16.7 Å². The lowest BCUT2D eigenvalue weighted by Gasteiger charge is -2.06. The monoisotopic (exact) mass is 467 g/mol. The Kier molecular flexibility index (Phi) is 9.64. The van der Waals surface area contributed by atoms with Crippen molar-refractivity contribution in [1.29, 1.82) is 0 Å². The van der Waals surface area contributed by atoms with E-state index >= 15 is 0 Å². The Hall–Kier alpha value is -3.27. The fourth-order valence-electron chi connectivity index (χ4n) is 4.70. The van der Waals surface area contributed by atoms with Crippen LogP contribution in [0.4, 0.5) is 0 Å². The summed E-state index contributed by atoms with van der Waals surface area (Å²) in [5.74, 6) is 0. The minimum Gasteiger partial charge on any atom is -0.411 e. The SMILES string of the molecule is ON=C(CCCCCCc1ccc2ccccc2n1)CCCCCCc1ccc2ccccc2n1. The molecule has 0 spiro atoms. The number of benzene rings is 2. The summed E-state index contributed by atoms with van der Waals surface area (Å²) in [4.78, 5) is 9.53. The highest BCUT2D eigenvalue weighted by molar-refractivity contribution is 5.83. The van der Waals surface area contributed by atoms with E-state index in [1.165, 1.54) is 47.8 Å². The maximum Gasteiger partial charge on any atom is 0.0705 e. The van der Waals surface area contributed by atoms with E-state index in [1.807, 2.05) is 12.1 Å². The van der Waals surface area contributed by atoms with Gasteiger partial charge >= 0.3 is 0 Å². The number of nitrogens with zero attached hydrogens (tertiary/aromatic N) is 3. The topological polar surface area (TPSA) is 58.4 Å². The van der Waals surface area contributed by atoms with Crippen molar-refractivity contribution in [1.82, 2.24) is 9.97 Å². The molecular weight excluding hydrogens is 430 g/mol. The predicted octanol–water partition coefficient (Wildman–Crippen LogP) is 8.30. The average Bonchev–Trinajstić information content (AvgIpc) is 2.91. The van der Waals surface area contributed by atoms with Crippen molar-refractivity contribution in [2.24, 2.45) is 5.16 Å². The second-order valence-corrected chi connectivity index (χ2v) is 9.49. The Morgan fingerprint density at radius 2 is 1.00 bits per heavy atom. The number of rotatable bonds is 14. The summed E-state index contributed by atoms with van der Waals surface area (Å²) < 4.78 is 0. The zero-order valence-electron chi connectivity index (χ0n) is 20.7. The summed E-state index contributed by atoms with van der Waals surface area (Å²) in [7, 11) is 0. The second-order valence-electron chi connectivity index (χ2n) is 9.49. The molecule has 0 unspecified atom stereocenters. The molecule has 0 atom stereocenters. The number of aryl methyl sites for hydroxylation is 2. The van der Waals surface area contributed by atoms with Crippen LogP contribution in [0.2, 0.25) is 0 Å². The summed E-state index contributed by atoms with van der Waals surface area (Å²) in [6.07, 6.45) is 13.1. The van der Waals surface area contributed by atoms with Crippen LogP contribution in [-0.4, -0.2) is 20.9 Å². The first-order valence-electron chi connectivity index (χ1n) is 13.2. The molecule has 2 aromatic carbocycles. The molecule has 4 heteroatoms. The molecule has 4 rings (SSSR count). The normalized spacial score (nSPS) is 11.2. The van der Waals surface area contributed by atoms with E-state index in [-0.39, 0.29) is 0 Å². The molecule has 0 aliphatic rings. The molecule has 182 valence electrons. The van der Waals surface area contributed by atoms with E-state index < -0.39 is 0 Å². The minimum atomic E-state index is 0.908. The number of unbranched alkanes of at least 4 members (excludes halogenated alkanes) is 6. The number of aromatic nitrogens is 2. The maximum absolute atomic E-state index is 9.37. The number of fused-ring (bicyclic) bond motifs is 2. The minimum absolute atomic E-state index is 0.908. The summed E-state index contributed by atoms with van der Waals surface area (Å²) >= 11 is 0. The fraction of sp³-hybridized carbons (Fsp3) is 0.387. The lowest BCUT2D eigenvalue weighted by molar-refractivity contribution is 0.315. The van der Waals surface area contributed by atoms with Gasteiger partial charge in [-0.15, -0.1) is 0 Å². The van der Waals surface area contributed by atoms with Crippen LogP contribution in [-0.2, 0) is 12.8 Å². The third-order valence-electron chi connectivity index (χ3n) is 6.75. The van der Waals surface area contributed by atoms with Gasteiger partial charge in [-0.2, -0.15) is 0 Å². The van der Waals surface area contributed by atoms with Crippen molar-refractivity contribution in [3.05, 3.63) is 84.2 Å². The number of para-hydroxylation sites is 2. The molecule has 4 nitrogen and oxygen atoms in total. The second kappa shape index (κ2) is 13.6. The Morgan fingerprint density at radius 1 is 0.543 bits per heavy atom. The van der Waals surface area contributed by atoms with Gasteiger partial charge in [-0.1, -0.05) is 79.4 Å². The van der Waals surface area contributed by atoms with E-state index in [0.717, 1.165) is 68.1 Å². The lowest BCUT2D eigenvalue weighted by Crippen LogP contribution is -1.99. The molecular formula is C31H37N3O. The van der Waals surface area contributed by atoms with Crippen LogP contribution < -0.4 is 0 Å². The van der Waals surface area contributed by atoms with Gasteiger partial charge in [0.15, 0.2) is 0 Å². The smallest absolute Gasteiger partial charge is 0.0705 e. The van der Waals surface area contributed by atoms with Crippen molar-refractivity contribution in [3.8, 4) is 0 Å². The van der Waals surface area contributed by atoms with Gasteiger partial charge in [0.25, 0.3) is 0 Å².